The number of carbonyl (C=O) groups excluding carboxylic acids is 1. The third kappa shape index (κ3) is 3.37. The van der Waals surface area contributed by atoms with Crippen molar-refractivity contribution in [2.24, 2.45) is 0 Å². The van der Waals surface area contributed by atoms with Crippen molar-refractivity contribution in [3.8, 4) is 0 Å². The number of likely N-dealkylation sites (N-methyl/N-ethyl adjacent to an activating group) is 1. The summed E-state index contributed by atoms with van der Waals surface area (Å²) in [5.41, 5.74) is 1.81. The molecule has 1 aliphatic heterocycles. The Morgan fingerprint density at radius 2 is 1.74 bits per heavy atom. The second kappa shape index (κ2) is 6.91. The highest BCUT2D eigenvalue weighted by atomic mass is 35.5. The Hall–Kier alpha value is -1.55. The number of hydrogen-bond donors (Lipinski definition) is 0. The predicted molar refractivity (Wildman–Crippen MR) is 95.1 cm³/mol. The number of carbonyl (C=O) groups is 1. The molecule has 1 fully saturated rings. The molecule has 3 nitrogen and oxygen atoms in total. The molecule has 5 heteroatoms. The number of benzene rings is 2. The first-order valence-electron chi connectivity index (χ1n) is 7.57. The second-order valence-electron chi connectivity index (χ2n) is 5.75. The van der Waals surface area contributed by atoms with Gasteiger partial charge in [-0.05, 0) is 37.2 Å². The molecule has 1 unspecified atom stereocenters. The van der Waals surface area contributed by atoms with Crippen LogP contribution in [0.15, 0.2) is 48.5 Å². The van der Waals surface area contributed by atoms with E-state index in [0.717, 1.165) is 22.7 Å². The standard InChI is InChI=1S/C18H18Cl2N2O/c1-21(12-13-6-2-3-7-14(13)19)17-10-11-22(18(17)23)16-9-5-4-8-15(16)20/h2-9,17H,10-12H2,1H3. The van der Waals surface area contributed by atoms with Crippen molar-refractivity contribution in [2.45, 2.75) is 19.0 Å². The lowest BCUT2D eigenvalue weighted by Gasteiger charge is -2.24. The molecule has 1 amide bonds. The molecule has 1 atom stereocenters. The van der Waals surface area contributed by atoms with Crippen molar-refractivity contribution in [3.05, 3.63) is 64.1 Å². The van der Waals surface area contributed by atoms with E-state index in [1.807, 2.05) is 55.6 Å². The Bertz CT molecular complexity index is 720. The first-order chi connectivity index (χ1) is 11.1. The number of anilines is 1. The molecule has 0 bridgehead atoms. The first kappa shape index (κ1) is 16.3. The van der Waals surface area contributed by atoms with Crippen molar-refractivity contribution in [2.75, 3.05) is 18.5 Å². The molecule has 1 heterocycles. The van der Waals surface area contributed by atoms with Gasteiger partial charge in [0.15, 0.2) is 0 Å². The highest BCUT2D eigenvalue weighted by Crippen LogP contribution is 2.30. The third-order valence-electron chi connectivity index (χ3n) is 4.23. The van der Waals surface area contributed by atoms with Crippen molar-refractivity contribution in [3.63, 3.8) is 0 Å². The van der Waals surface area contributed by atoms with E-state index in [-0.39, 0.29) is 11.9 Å². The van der Waals surface area contributed by atoms with Gasteiger partial charge < -0.3 is 4.90 Å². The van der Waals surface area contributed by atoms with E-state index < -0.39 is 0 Å². The van der Waals surface area contributed by atoms with Crippen LogP contribution in [0.3, 0.4) is 0 Å². The fourth-order valence-corrected chi connectivity index (χ4v) is 3.42. The van der Waals surface area contributed by atoms with Gasteiger partial charge in [0.2, 0.25) is 5.91 Å². The van der Waals surface area contributed by atoms with Gasteiger partial charge in [-0.2, -0.15) is 0 Å². The molecule has 1 aliphatic rings. The van der Waals surface area contributed by atoms with Crippen molar-refractivity contribution in [1.29, 1.82) is 0 Å². The van der Waals surface area contributed by atoms with Crippen LogP contribution in [0.25, 0.3) is 0 Å². The van der Waals surface area contributed by atoms with Gasteiger partial charge in [-0.15, -0.1) is 0 Å². The lowest BCUT2D eigenvalue weighted by Crippen LogP contribution is -2.39. The zero-order chi connectivity index (χ0) is 16.4. The molecule has 0 N–H and O–H groups in total. The Balaban J connectivity index is 1.74. The van der Waals surface area contributed by atoms with Crippen molar-refractivity contribution in [1.82, 2.24) is 4.90 Å². The maximum atomic E-state index is 12.8. The lowest BCUT2D eigenvalue weighted by atomic mass is 10.1. The molecule has 2 aromatic rings. The number of nitrogens with zero attached hydrogens (tertiary/aromatic N) is 2. The summed E-state index contributed by atoms with van der Waals surface area (Å²) < 4.78 is 0. The monoisotopic (exact) mass is 348 g/mol. The molecular weight excluding hydrogens is 331 g/mol. The Morgan fingerprint density at radius 1 is 1.09 bits per heavy atom. The van der Waals surface area contributed by atoms with Gasteiger partial charge in [0.25, 0.3) is 0 Å². The van der Waals surface area contributed by atoms with Crippen LogP contribution in [0.1, 0.15) is 12.0 Å². The summed E-state index contributed by atoms with van der Waals surface area (Å²) in [5.74, 6) is 0.0904. The second-order valence-corrected chi connectivity index (χ2v) is 6.57. The van der Waals surface area contributed by atoms with Gasteiger partial charge in [-0.25, -0.2) is 0 Å². The van der Waals surface area contributed by atoms with Gasteiger partial charge in [-0.3, -0.25) is 9.69 Å². The van der Waals surface area contributed by atoms with Crippen LogP contribution in [0, 0.1) is 0 Å². The normalized spacial score (nSPS) is 18.0. The summed E-state index contributed by atoms with van der Waals surface area (Å²) in [6.45, 7) is 1.33. The zero-order valence-electron chi connectivity index (χ0n) is 12.9. The summed E-state index contributed by atoms with van der Waals surface area (Å²) in [6, 6.07) is 15.0. The van der Waals surface area contributed by atoms with E-state index in [1.54, 1.807) is 4.90 Å². The number of para-hydroxylation sites is 1. The predicted octanol–water partition coefficient (Wildman–Crippen LogP) is 4.23. The third-order valence-corrected chi connectivity index (χ3v) is 4.92. The summed E-state index contributed by atoms with van der Waals surface area (Å²) in [6.07, 6.45) is 0.783. The van der Waals surface area contributed by atoms with E-state index in [0.29, 0.717) is 18.1 Å². The van der Waals surface area contributed by atoms with Crippen LogP contribution in [-0.4, -0.2) is 30.4 Å². The van der Waals surface area contributed by atoms with Crippen molar-refractivity contribution < 1.29 is 4.79 Å². The highest BCUT2D eigenvalue weighted by molar-refractivity contribution is 6.34. The van der Waals surface area contributed by atoms with Crippen LogP contribution < -0.4 is 4.90 Å². The topological polar surface area (TPSA) is 23.6 Å². The van der Waals surface area contributed by atoms with E-state index in [2.05, 4.69) is 4.90 Å². The van der Waals surface area contributed by atoms with Gasteiger partial charge in [0.05, 0.1) is 16.8 Å². The van der Waals surface area contributed by atoms with Gasteiger partial charge >= 0.3 is 0 Å². The quantitative estimate of drug-likeness (QED) is 0.825. The SMILES string of the molecule is CN(Cc1ccccc1Cl)C1CCN(c2ccccc2Cl)C1=O. The van der Waals surface area contributed by atoms with E-state index >= 15 is 0 Å². The summed E-state index contributed by atoms with van der Waals surface area (Å²) in [4.78, 5) is 16.6. The number of amides is 1. The van der Waals surface area contributed by atoms with Gasteiger partial charge in [-0.1, -0.05) is 53.5 Å². The van der Waals surface area contributed by atoms with Crippen LogP contribution in [0.2, 0.25) is 10.0 Å². The van der Waals surface area contributed by atoms with Gasteiger partial charge in [0.1, 0.15) is 0 Å². The molecule has 0 spiro atoms. The summed E-state index contributed by atoms with van der Waals surface area (Å²) >= 11 is 12.4. The number of rotatable bonds is 4. The molecule has 120 valence electrons. The average Bonchev–Trinajstić information content (AvgIpc) is 2.92. The summed E-state index contributed by atoms with van der Waals surface area (Å²) in [7, 11) is 1.96. The first-order valence-corrected chi connectivity index (χ1v) is 8.33. The van der Waals surface area contributed by atoms with Gasteiger partial charge in [0, 0.05) is 18.1 Å². The molecule has 0 aliphatic carbocycles. The van der Waals surface area contributed by atoms with E-state index in [4.69, 9.17) is 23.2 Å². The molecular formula is C18H18Cl2N2O. The fraction of sp³-hybridized carbons (Fsp3) is 0.278. The van der Waals surface area contributed by atoms with E-state index in [9.17, 15) is 4.79 Å². The lowest BCUT2D eigenvalue weighted by molar-refractivity contribution is -0.121. The largest absolute Gasteiger partial charge is 0.310 e. The molecule has 1 saturated heterocycles. The van der Waals surface area contributed by atoms with Crippen LogP contribution in [0.5, 0.6) is 0 Å². The van der Waals surface area contributed by atoms with E-state index in [1.165, 1.54) is 0 Å². The molecule has 2 aromatic carbocycles. The Morgan fingerprint density at radius 3 is 2.43 bits per heavy atom. The smallest absolute Gasteiger partial charge is 0.244 e. The van der Waals surface area contributed by atoms with Crippen LogP contribution in [-0.2, 0) is 11.3 Å². The molecule has 0 radical (unpaired) electrons. The molecule has 3 rings (SSSR count). The number of halogens is 2. The number of hydrogen-bond acceptors (Lipinski definition) is 2. The summed E-state index contributed by atoms with van der Waals surface area (Å²) in [5, 5.41) is 1.34. The maximum absolute atomic E-state index is 12.8. The molecule has 23 heavy (non-hydrogen) atoms. The molecule has 0 aromatic heterocycles. The maximum Gasteiger partial charge on any atom is 0.244 e. The minimum atomic E-state index is -0.150. The minimum absolute atomic E-state index is 0.0904. The zero-order valence-corrected chi connectivity index (χ0v) is 14.4. The molecule has 0 saturated carbocycles. The van der Waals surface area contributed by atoms with Crippen molar-refractivity contribution >= 4 is 34.8 Å². The van der Waals surface area contributed by atoms with Crippen LogP contribution >= 0.6 is 23.2 Å². The fourth-order valence-electron chi connectivity index (χ4n) is 2.99. The highest BCUT2D eigenvalue weighted by Gasteiger charge is 2.35. The Labute approximate surface area is 146 Å². The average molecular weight is 349 g/mol. The Kier molecular flexibility index (Phi) is 4.90. The minimum Gasteiger partial charge on any atom is -0.310 e. The van der Waals surface area contributed by atoms with Crippen LogP contribution in [0.4, 0.5) is 5.69 Å².